The zero-order valence-electron chi connectivity index (χ0n) is 19.1. The molecule has 0 saturated carbocycles. The Morgan fingerprint density at radius 2 is 1.36 bits per heavy atom. The van der Waals surface area contributed by atoms with Gasteiger partial charge in [0.2, 0.25) is 0 Å². The van der Waals surface area contributed by atoms with Crippen molar-refractivity contribution < 1.29 is 14.7 Å². The Balaban J connectivity index is 1.41. The van der Waals surface area contributed by atoms with E-state index in [4.69, 9.17) is 10.8 Å². The lowest BCUT2D eigenvalue weighted by Gasteiger charge is -2.09. The molecule has 0 aliphatic carbocycles. The molecule has 33 heavy (non-hydrogen) atoms. The van der Waals surface area contributed by atoms with Gasteiger partial charge in [-0.15, -0.1) is 0 Å². The number of benzene rings is 3. The third-order valence-corrected chi connectivity index (χ3v) is 5.90. The SMILES string of the molecule is NC(Cc1ccc(Cc2cccc(CCC(=O)CCCCc3ccccc3)c2)cc1)C(=O)O. The maximum atomic E-state index is 12.3. The van der Waals surface area contributed by atoms with Gasteiger partial charge in [0.15, 0.2) is 0 Å². The summed E-state index contributed by atoms with van der Waals surface area (Å²) in [6, 6.07) is 25.9. The number of rotatable bonds is 13. The van der Waals surface area contributed by atoms with E-state index in [1.165, 1.54) is 16.7 Å². The van der Waals surface area contributed by atoms with E-state index < -0.39 is 12.0 Å². The molecule has 4 nitrogen and oxygen atoms in total. The topological polar surface area (TPSA) is 80.4 Å². The van der Waals surface area contributed by atoms with Gasteiger partial charge < -0.3 is 10.8 Å². The average Bonchev–Trinajstić information content (AvgIpc) is 2.82. The van der Waals surface area contributed by atoms with Crippen molar-refractivity contribution in [1.29, 1.82) is 0 Å². The van der Waals surface area contributed by atoms with E-state index in [1.54, 1.807) is 0 Å². The van der Waals surface area contributed by atoms with Gasteiger partial charge in [0.05, 0.1) is 0 Å². The van der Waals surface area contributed by atoms with Crippen molar-refractivity contribution in [3.8, 4) is 0 Å². The molecule has 0 fully saturated rings. The Kier molecular flexibility index (Phi) is 9.40. The second kappa shape index (κ2) is 12.7. The molecule has 3 aromatic rings. The predicted octanol–water partition coefficient (Wildman–Crippen LogP) is 5.15. The molecule has 0 aromatic heterocycles. The molecule has 3 aromatic carbocycles. The van der Waals surface area contributed by atoms with Crippen LogP contribution in [0.25, 0.3) is 0 Å². The average molecular weight is 444 g/mol. The number of carbonyl (C=O) groups excluding carboxylic acids is 1. The fraction of sp³-hybridized carbons (Fsp3) is 0.310. The highest BCUT2D eigenvalue weighted by Gasteiger charge is 2.12. The van der Waals surface area contributed by atoms with E-state index >= 15 is 0 Å². The lowest BCUT2D eigenvalue weighted by Crippen LogP contribution is -2.32. The summed E-state index contributed by atoms with van der Waals surface area (Å²) in [5.41, 5.74) is 11.4. The first kappa shape index (κ1) is 24.4. The molecule has 1 unspecified atom stereocenters. The minimum atomic E-state index is -0.985. The number of carboxylic acids is 1. The van der Waals surface area contributed by atoms with Crippen molar-refractivity contribution in [2.75, 3.05) is 0 Å². The molecule has 0 heterocycles. The van der Waals surface area contributed by atoms with Crippen LogP contribution in [0.3, 0.4) is 0 Å². The number of unbranched alkanes of at least 4 members (excludes halogenated alkanes) is 1. The Labute approximate surface area is 196 Å². The number of aliphatic carboxylic acids is 1. The van der Waals surface area contributed by atoms with Gasteiger partial charge in [-0.25, -0.2) is 0 Å². The zero-order valence-corrected chi connectivity index (χ0v) is 19.1. The van der Waals surface area contributed by atoms with Crippen molar-refractivity contribution in [1.82, 2.24) is 0 Å². The Hall–Kier alpha value is -3.24. The van der Waals surface area contributed by atoms with Crippen molar-refractivity contribution >= 4 is 11.8 Å². The van der Waals surface area contributed by atoms with Crippen LogP contribution in [0.2, 0.25) is 0 Å². The Bertz CT molecular complexity index is 1030. The van der Waals surface area contributed by atoms with Crippen LogP contribution in [-0.2, 0) is 35.3 Å². The minimum absolute atomic E-state index is 0.325. The van der Waals surface area contributed by atoms with Crippen molar-refractivity contribution in [2.24, 2.45) is 5.73 Å². The van der Waals surface area contributed by atoms with E-state index in [0.717, 1.165) is 43.2 Å². The van der Waals surface area contributed by atoms with Gasteiger partial charge in [-0.05, 0) is 66.3 Å². The van der Waals surface area contributed by atoms with E-state index in [-0.39, 0.29) is 0 Å². The maximum Gasteiger partial charge on any atom is 0.320 e. The van der Waals surface area contributed by atoms with Crippen molar-refractivity contribution in [2.45, 2.75) is 57.4 Å². The predicted molar refractivity (Wildman–Crippen MR) is 132 cm³/mol. The second-order valence-corrected chi connectivity index (χ2v) is 8.69. The molecule has 0 radical (unpaired) electrons. The first-order valence-corrected chi connectivity index (χ1v) is 11.7. The number of carboxylic acid groups (broad SMARTS) is 1. The first-order valence-electron chi connectivity index (χ1n) is 11.7. The van der Waals surface area contributed by atoms with Crippen LogP contribution in [0.4, 0.5) is 0 Å². The number of hydrogen-bond donors (Lipinski definition) is 2. The molecule has 4 heteroatoms. The van der Waals surface area contributed by atoms with Crippen LogP contribution < -0.4 is 5.73 Å². The highest BCUT2D eigenvalue weighted by Crippen LogP contribution is 2.15. The molecule has 0 aliphatic heterocycles. The Morgan fingerprint density at radius 3 is 2.09 bits per heavy atom. The lowest BCUT2D eigenvalue weighted by molar-refractivity contribution is -0.138. The van der Waals surface area contributed by atoms with E-state index in [1.807, 2.05) is 30.3 Å². The summed E-state index contributed by atoms with van der Waals surface area (Å²) in [6.45, 7) is 0. The summed E-state index contributed by atoms with van der Waals surface area (Å²) in [7, 11) is 0. The molecule has 3 N–H and O–H groups in total. The molecule has 1 atom stereocenters. The van der Waals surface area contributed by atoms with Crippen LogP contribution in [0, 0.1) is 0 Å². The number of aryl methyl sites for hydroxylation is 2. The summed E-state index contributed by atoms with van der Waals surface area (Å²) in [5, 5.41) is 8.95. The normalized spacial score (nSPS) is 11.8. The fourth-order valence-electron chi connectivity index (χ4n) is 3.97. The first-order chi connectivity index (χ1) is 16.0. The van der Waals surface area contributed by atoms with Crippen LogP contribution >= 0.6 is 0 Å². The summed E-state index contributed by atoms with van der Waals surface area (Å²) in [5.74, 6) is -0.648. The fourth-order valence-corrected chi connectivity index (χ4v) is 3.97. The highest BCUT2D eigenvalue weighted by molar-refractivity contribution is 5.78. The van der Waals surface area contributed by atoms with Crippen molar-refractivity contribution in [3.63, 3.8) is 0 Å². The van der Waals surface area contributed by atoms with Crippen LogP contribution in [0.5, 0.6) is 0 Å². The Morgan fingerprint density at radius 1 is 0.697 bits per heavy atom. The molecule has 0 aliphatic rings. The molecule has 0 bridgehead atoms. The van der Waals surface area contributed by atoms with Crippen LogP contribution in [-0.4, -0.2) is 22.9 Å². The van der Waals surface area contributed by atoms with Crippen molar-refractivity contribution in [3.05, 3.63) is 107 Å². The second-order valence-electron chi connectivity index (χ2n) is 8.69. The van der Waals surface area contributed by atoms with Gasteiger partial charge in [0, 0.05) is 12.8 Å². The standard InChI is InChI=1S/C29H33NO3/c30-28(29(32)33)21-25-15-13-24(14-16-25)20-26-11-6-10-23(19-26)17-18-27(31)12-5-4-9-22-7-2-1-3-8-22/h1-3,6-8,10-11,13-16,19,28H,4-5,9,12,17-18,20-21,30H2,(H,32,33). The molecule has 3 rings (SSSR count). The molecule has 0 saturated heterocycles. The van der Waals surface area contributed by atoms with Gasteiger partial charge in [-0.3, -0.25) is 9.59 Å². The summed E-state index contributed by atoms with van der Waals surface area (Å²) >= 11 is 0. The number of hydrogen-bond acceptors (Lipinski definition) is 3. The summed E-state index contributed by atoms with van der Waals surface area (Å²) in [6.07, 6.45) is 6.17. The number of Topliss-reactive ketones (excluding diaryl/α,β-unsaturated/α-hetero) is 1. The molecule has 0 amide bonds. The van der Waals surface area contributed by atoms with Crippen LogP contribution in [0.1, 0.15) is 53.5 Å². The van der Waals surface area contributed by atoms with Gasteiger partial charge in [-0.2, -0.15) is 0 Å². The third kappa shape index (κ3) is 8.66. The van der Waals surface area contributed by atoms with E-state index in [2.05, 4.69) is 48.5 Å². The maximum absolute atomic E-state index is 12.3. The molecular weight excluding hydrogens is 410 g/mol. The molecule has 172 valence electrons. The van der Waals surface area contributed by atoms with E-state index in [9.17, 15) is 9.59 Å². The number of carbonyl (C=O) groups is 2. The quantitative estimate of drug-likeness (QED) is 0.358. The molecular formula is C29H33NO3. The minimum Gasteiger partial charge on any atom is -0.480 e. The van der Waals surface area contributed by atoms with Gasteiger partial charge in [-0.1, -0.05) is 78.9 Å². The zero-order chi connectivity index (χ0) is 23.5. The summed E-state index contributed by atoms with van der Waals surface area (Å²) in [4.78, 5) is 23.2. The lowest BCUT2D eigenvalue weighted by atomic mass is 9.98. The number of nitrogens with two attached hydrogens (primary N) is 1. The van der Waals surface area contributed by atoms with Crippen LogP contribution in [0.15, 0.2) is 78.9 Å². The highest BCUT2D eigenvalue weighted by atomic mass is 16.4. The van der Waals surface area contributed by atoms with Gasteiger partial charge >= 0.3 is 5.97 Å². The van der Waals surface area contributed by atoms with E-state index in [0.29, 0.717) is 25.0 Å². The largest absolute Gasteiger partial charge is 0.480 e. The molecule has 0 spiro atoms. The summed E-state index contributed by atoms with van der Waals surface area (Å²) < 4.78 is 0. The third-order valence-electron chi connectivity index (χ3n) is 5.90. The number of ketones is 1. The monoisotopic (exact) mass is 443 g/mol. The van der Waals surface area contributed by atoms with Gasteiger partial charge in [0.25, 0.3) is 0 Å². The smallest absolute Gasteiger partial charge is 0.320 e. The van der Waals surface area contributed by atoms with Gasteiger partial charge in [0.1, 0.15) is 11.8 Å².